The first-order valence-corrected chi connectivity index (χ1v) is 10.2. The van der Waals surface area contributed by atoms with E-state index in [0.29, 0.717) is 38.6 Å². The number of halogens is 3. The summed E-state index contributed by atoms with van der Waals surface area (Å²) in [5.41, 5.74) is -0.117. The minimum Gasteiger partial charge on any atom is -0.481 e. The maximum Gasteiger partial charge on any atom is 0.416 e. The SMILES string of the molecule is O=C(O)C1CN(Cc2cccc(Oc3cccc(C(F)(F)F)c3)c2)CC12CCOCC2. The number of carbonyl (C=O) groups is 1. The summed E-state index contributed by atoms with van der Waals surface area (Å²) in [4.78, 5) is 14.0. The topological polar surface area (TPSA) is 59.0 Å². The van der Waals surface area contributed by atoms with E-state index in [-0.39, 0.29) is 11.2 Å². The van der Waals surface area contributed by atoms with Gasteiger partial charge in [-0.3, -0.25) is 9.69 Å². The van der Waals surface area contributed by atoms with Crippen LogP contribution >= 0.6 is 0 Å². The van der Waals surface area contributed by atoms with Crippen molar-refractivity contribution in [2.45, 2.75) is 25.6 Å². The maximum atomic E-state index is 12.9. The van der Waals surface area contributed by atoms with Gasteiger partial charge in [-0.05, 0) is 48.7 Å². The molecule has 0 aliphatic carbocycles. The van der Waals surface area contributed by atoms with E-state index in [1.54, 1.807) is 18.2 Å². The summed E-state index contributed by atoms with van der Waals surface area (Å²) >= 11 is 0. The Morgan fingerprint density at radius 1 is 1.13 bits per heavy atom. The summed E-state index contributed by atoms with van der Waals surface area (Å²) in [6.07, 6.45) is -2.96. The number of hydrogen-bond acceptors (Lipinski definition) is 4. The highest BCUT2D eigenvalue weighted by atomic mass is 19.4. The molecule has 2 aliphatic heterocycles. The first kappa shape index (κ1) is 21.6. The lowest BCUT2D eigenvalue weighted by atomic mass is 9.72. The minimum absolute atomic E-state index is 0.111. The fourth-order valence-corrected chi connectivity index (χ4v) is 4.65. The van der Waals surface area contributed by atoms with Crippen LogP contribution < -0.4 is 4.74 Å². The average molecular weight is 435 g/mol. The van der Waals surface area contributed by atoms with Gasteiger partial charge in [0.05, 0.1) is 11.5 Å². The number of benzene rings is 2. The molecule has 0 aromatic heterocycles. The highest BCUT2D eigenvalue weighted by Gasteiger charge is 2.50. The van der Waals surface area contributed by atoms with E-state index in [0.717, 1.165) is 30.5 Å². The molecule has 1 unspecified atom stereocenters. The van der Waals surface area contributed by atoms with Crippen molar-refractivity contribution in [1.29, 1.82) is 0 Å². The summed E-state index contributed by atoms with van der Waals surface area (Å²) in [6.45, 7) is 2.86. The standard InChI is InChI=1S/C23H24F3NO4/c24-23(25,26)17-4-2-6-19(12-17)31-18-5-1-3-16(11-18)13-27-14-20(21(28)29)22(15-27)7-9-30-10-8-22/h1-6,11-12,20H,7-10,13-15H2,(H,28,29). The maximum absolute atomic E-state index is 12.9. The highest BCUT2D eigenvalue weighted by Crippen LogP contribution is 2.45. The van der Waals surface area contributed by atoms with E-state index >= 15 is 0 Å². The van der Waals surface area contributed by atoms with E-state index in [4.69, 9.17) is 9.47 Å². The van der Waals surface area contributed by atoms with Crippen LogP contribution in [0.5, 0.6) is 11.5 Å². The predicted octanol–water partition coefficient (Wildman–Crippen LogP) is 4.81. The van der Waals surface area contributed by atoms with Crippen LogP contribution in [0.4, 0.5) is 13.2 Å². The molecule has 2 heterocycles. The Bertz CT molecular complexity index is 940. The molecule has 1 atom stereocenters. The fraction of sp³-hybridized carbons (Fsp3) is 0.435. The van der Waals surface area contributed by atoms with Crippen LogP contribution in [0.15, 0.2) is 48.5 Å². The average Bonchev–Trinajstić information content (AvgIpc) is 3.05. The molecule has 2 aromatic carbocycles. The quantitative estimate of drug-likeness (QED) is 0.731. The van der Waals surface area contributed by atoms with Gasteiger partial charge in [-0.15, -0.1) is 0 Å². The number of likely N-dealkylation sites (tertiary alicyclic amines) is 1. The summed E-state index contributed by atoms with van der Waals surface area (Å²) in [5.74, 6) is -0.654. The van der Waals surface area contributed by atoms with Gasteiger partial charge in [0, 0.05) is 38.3 Å². The van der Waals surface area contributed by atoms with Gasteiger partial charge in [0.2, 0.25) is 0 Å². The van der Waals surface area contributed by atoms with Gasteiger partial charge in [0.1, 0.15) is 11.5 Å². The van der Waals surface area contributed by atoms with Crippen LogP contribution in [0.25, 0.3) is 0 Å². The second kappa shape index (κ2) is 8.51. The normalized spacial score (nSPS) is 21.3. The van der Waals surface area contributed by atoms with Gasteiger partial charge >= 0.3 is 12.1 Å². The third-order valence-corrected chi connectivity index (χ3v) is 6.21. The van der Waals surface area contributed by atoms with E-state index in [1.165, 1.54) is 12.1 Å². The monoisotopic (exact) mass is 435 g/mol. The fourth-order valence-electron chi connectivity index (χ4n) is 4.65. The first-order valence-electron chi connectivity index (χ1n) is 10.2. The Morgan fingerprint density at radius 3 is 2.48 bits per heavy atom. The molecule has 2 fully saturated rings. The zero-order valence-electron chi connectivity index (χ0n) is 16.9. The molecule has 2 aliphatic rings. The van der Waals surface area contributed by atoms with Crippen molar-refractivity contribution in [2.75, 3.05) is 26.3 Å². The van der Waals surface area contributed by atoms with E-state index in [9.17, 15) is 23.1 Å². The number of carboxylic acid groups (broad SMARTS) is 1. The molecule has 8 heteroatoms. The van der Waals surface area contributed by atoms with E-state index < -0.39 is 23.6 Å². The van der Waals surface area contributed by atoms with Crippen molar-refractivity contribution in [3.8, 4) is 11.5 Å². The van der Waals surface area contributed by atoms with E-state index in [2.05, 4.69) is 4.90 Å². The highest BCUT2D eigenvalue weighted by molar-refractivity contribution is 5.72. The summed E-state index contributed by atoms with van der Waals surface area (Å²) in [6, 6.07) is 11.9. The van der Waals surface area contributed by atoms with Gasteiger partial charge in [-0.1, -0.05) is 18.2 Å². The number of hydrogen-bond donors (Lipinski definition) is 1. The van der Waals surface area contributed by atoms with Gasteiger partial charge in [0.15, 0.2) is 0 Å². The van der Waals surface area contributed by atoms with Gasteiger partial charge in [-0.2, -0.15) is 13.2 Å². The van der Waals surface area contributed by atoms with Gasteiger partial charge < -0.3 is 14.6 Å². The molecule has 31 heavy (non-hydrogen) atoms. The van der Waals surface area contributed by atoms with Crippen LogP contribution in [0.3, 0.4) is 0 Å². The molecule has 166 valence electrons. The van der Waals surface area contributed by atoms with E-state index in [1.807, 2.05) is 6.07 Å². The summed E-state index contributed by atoms with van der Waals surface area (Å²) in [7, 11) is 0. The Hall–Kier alpha value is -2.58. The molecule has 0 saturated carbocycles. The molecule has 2 saturated heterocycles. The number of rotatable bonds is 5. The molecular weight excluding hydrogens is 411 g/mol. The molecule has 2 aromatic rings. The van der Waals surface area contributed by atoms with Crippen LogP contribution in [-0.2, 0) is 22.3 Å². The predicted molar refractivity (Wildman–Crippen MR) is 107 cm³/mol. The molecule has 0 bridgehead atoms. The van der Waals surface area contributed by atoms with Crippen LogP contribution in [0, 0.1) is 11.3 Å². The van der Waals surface area contributed by atoms with Crippen molar-refractivity contribution in [3.63, 3.8) is 0 Å². The molecule has 1 N–H and O–H groups in total. The van der Waals surface area contributed by atoms with Crippen molar-refractivity contribution in [2.24, 2.45) is 11.3 Å². The minimum atomic E-state index is -4.43. The molecular formula is C23H24F3NO4. The van der Waals surface area contributed by atoms with Crippen LogP contribution in [0.2, 0.25) is 0 Å². The number of ether oxygens (including phenoxy) is 2. The molecule has 5 nitrogen and oxygen atoms in total. The molecule has 0 amide bonds. The third kappa shape index (κ3) is 4.85. The zero-order chi connectivity index (χ0) is 22.1. The van der Waals surface area contributed by atoms with Crippen LogP contribution in [0.1, 0.15) is 24.0 Å². The number of alkyl halides is 3. The lowest BCUT2D eigenvalue weighted by Gasteiger charge is -2.36. The smallest absolute Gasteiger partial charge is 0.416 e. The zero-order valence-corrected chi connectivity index (χ0v) is 16.9. The lowest BCUT2D eigenvalue weighted by Crippen LogP contribution is -2.40. The van der Waals surface area contributed by atoms with Gasteiger partial charge in [0.25, 0.3) is 0 Å². The van der Waals surface area contributed by atoms with Crippen molar-refractivity contribution in [1.82, 2.24) is 4.90 Å². The lowest BCUT2D eigenvalue weighted by molar-refractivity contribution is -0.147. The molecule has 1 spiro atoms. The second-order valence-corrected chi connectivity index (χ2v) is 8.31. The number of aliphatic carboxylic acids is 1. The van der Waals surface area contributed by atoms with Crippen LogP contribution in [-0.4, -0.2) is 42.3 Å². The van der Waals surface area contributed by atoms with Crippen molar-refractivity contribution >= 4 is 5.97 Å². The summed E-state index contributed by atoms with van der Waals surface area (Å²) in [5, 5.41) is 9.73. The van der Waals surface area contributed by atoms with Crippen molar-refractivity contribution < 1.29 is 32.5 Å². The Morgan fingerprint density at radius 2 is 1.81 bits per heavy atom. The van der Waals surface area contributed by atoms with Crippen molar-refractivity contribution in [3.05, 3.63) is 59.7 Å². The Balaban J connectivity index is 1.46. The molecule has 4 rings (SSSR count). The largest absolute Gasteiger partial charge is 0.481 e. The molecule has 0 radical (unpaired) electrons. The second-order valence-electron chi connectivity index (χ2n) is 8.31. The summed E-state index contributed by atoms with van der Waals surface area (Å²) < 4.78 is 49.9. The number of carboxylic acids is 1. The Labute approximate surface area is 178 Å². The number of nitrogens with zero attached hydrogens (tertiary/aromatic N) is 1. The van der Waals surface area contributed by atoms with Gasteiger partial charge in [-0.25, -0.2) is 0 Å². The third-order valence-electron chi connectivity index (χ3n) is 6.21. The Kier molecular flexibility index (Phi) is 5.94. The first-order chi connectivity index (χ1) is 14.7.